The summed E-state index contributed by atoms with van der Waals surface area (Å²) in [5, 5.41) is 2.66. The lowest BCUT2D eigenvalue weighted by molar-refractivity contribution is -0.115. The second kappa shape index (κ2) is 7.53. The van der Waals surface area contributed by atoms with Gasteiger partial charge >= 0.3 is 5.76 Å². The number of halogens is 2. The number of rotatable bonds is 5. The second-order valence-corrected chi connectivity index (χ2v) is 8.28. The van der Waals surface area contributed by atoms with E-state index in [1.54, 1.807) is 0 Å². The van der Waals surface area contributed by atoms with Gasteiger partial charge < -0.3 is 5.32 Å². The zero-order valence-electron chi connectivity index (χ0n) is 14.0. The van der Waals surface area contributed by atoms with Gasteiger partial charge in [0.1, 0.15) is 0 Å². The number of carbonyl (C=O) groups is 1. The van der Waals surface area contributed by atoms with Crippen LogP contribution in [0.25, 0.3) is 0 Å². The Bertz CT molecular complexity index is 909. The second-order valence-electron chi connectivity index (χ2n) is 6.37. The molecule has 0 saturated heterocycles. The molecule has 0 spiro atoms. The molecule has 0 atom stereocenters. The van der Waals surface area contributed by atoms with E-state index in [1.165, 1.54) is 29.7 Å². The molecule has 0 heterocycles. The molecule has 7 heteroatoms. The first-order chi connectivity index (χ1) is 12.4. The summed E-state index contributed by atoms with van der Waals surface area (Å²) in [5.74, 6) is -3.71. The van der Waals surface area contributed by atoms with Gasteiger partial charge in [-0.3, -0.25) is 4.79 Å². The number of hydrogen-bond donors (Lipinski definition) is 1. The first kappa shape index (κ1) is 18.5. The van der Waals surface area contributed by atoms with Gasteiger partial charge in [-0.05, 0) is 66.6 Å². The van der Waals surface area contributed by atoms with E-state index in [0.717, 1.165) is 37.0 Å². The number of nitrogens with one attached hydrogen (secondary N) is 1. The topological polar surface area (TPSA) is 63.2 Å². The standard InChI is InChI=1S/C19H19F2NO3S/c20-19(21)26(24,25)17-9-7-16(8-10-17)22-18(23)12-13-5-6-14-3-1-2-4-15(14)11-13/h5-11,19H,1-4,12H2,(H,22,23). The normalized spacial score (nSPS) is 14.1. The smallest absolute Gasteiger partial charge is 0.326 e. The summed E-state index contributed by atoms with van der Waals surface area (Å²) in [6, 6.07) is 10.8. The van der Waals surface area contributed by atoms with Gasteiger partial charge in [0.2, 0.25) is 15.7 Å². The summed E-state index contributed by atoms with van der Waals surface area (Å²) in [7, 11) is -4.63. The number of carbonyl (C=O) groups excluding carboxylic acids is 1. The number of sulfone groups is 1. The maximum absolute atomic E-state index is 12.5. The summed E-state index contributed by atoms with van der Waals surface area (Å²) >= 11 is 0. The summed E-state index contributed by atoms with van der Waals surface area (Å²) in [6.45, 7) is 0. The average molecular weight is 379 g/mol. The number of aryl methyl sites for hydroxylation is 2. The fraction of sp³-hybridized carbons (Fsp3) is 0.316. The Morgan fingerprint density at radius 1 is 1.00 bits per heavy atom. The summed E-state index contributed by atoms with van der Waals surface area (Å²) in [4.78, 5) is 11.7. The molecule has 1 aliphatic rings. The fourth-order valence-corrected chi connectivity index (χ4v) is 3.84. The van der Waals surface area contributed by atoms with Gasteiger partial charge in [-0.1, -0.05) is 18.2 Å². The van der Waals surface area contributed by atoms with Crippen molar-refractivity contribution in [1.29, 1.82) is 0 Å². The third kappa shape index (κ3) is 4.09. The molecule has 2 aromatic rings. The van der Waals surface area contributed by atoms with Crippen LogP contribution >= 0.6 is 0 Å². The minimum Gasteiger partial charge on any atom is -0.326 e. The molecule has 1 amide bonds. The summed E-state index contributed by atoms with van der Waals surface area (Å²) < 4.78 is 47.8. The zero-order chi connectivity index (χ0) is 18.7. The van der Waals surface area contributed by atoms with Crippen molar-refractivity contribution in [1.82, 2.24) is 0 Å². The van der Waals surface area contributed by atoms with Crippen LogP contribution in [0.5, 0.6) is 0 Å². The molecule has 0 aromatic heterocycles. The van der Waals surface area contributed by atoms with E-state index in [0.29, 0.717) is 5.69 Å². The fourth-order valence-electron chi connectivity index (χ4n) is 3.12. The largest absolute Gasteiger partial charge is 0.341 e. The first-order valence-electron chi connectivity index (χ1n) is 8.39. The van der Waals surface area contributed by atoms with Crippen molar-refractivity contribution in [2.75, 3.05) is 5.32 Å². The Kier molecular flexibility index (Phi) is 5.36. The van der Waals surface area contributed by atoms with Gasteiger partial charge in [-0.2, -0.15) is 8.78 Å². The molecular formula is C19H19F2NO3S. The number of amides is 1. The summed E-state index contributed by atoms with van der Waals surface area (Å²) in [5.41, 5.74) is 3.92. The van der Waals surface area contributed by atoms with Crippen molar-refractivity contribution in [2.45, 2.75) is 42.8 Å². The maximum Gasteiger partial charge on any atom is 0.341 e. The third-order valence-electron chi connectivity index (χ3n) is 4.48. The van der Waals surface area contributed by atoms with Gasteiger partial charge in [0.05, 0.1) is 11.3 Å². The van der Waals surface area contributed by atoms with E-state index in [9.17, 15) is 22.0 Å². The minimum absolute atomic E-state index is 0.199. The molecule has 26 heavy (non-hydrogen) atoms. The highest BCUT2D eigenvalue weighted by Crippen LogP contribution is 2.23. The van der Waals surface area contributed by atoms with Crippen LogP contribution in [0.15, 0.2) is 47.4 Å². The Morgan fingerprint density at radius 2 is 1.65 bits per heavy atom. The van der Waals surface area contributed by atoms with Crippen LogP contribution in [0.1, 0.15) is 29.5 Å². The highest BCUT2D eigenvalue weighted by atomic mass is 32.2. The maximum atomic E-state index is 12.5. The van der Waals surface area contributed by atoms with E-state index < -0.39 is 20.5 Å². The molecule has 0 fully saturated rings. The number of hydrogen-bond acceptors (Lipinski definition) is 3. The molecule has 1 N–H and O–H groups in total. The average Bonchev–Trinajstić information content (AvgIpc) is 2.62. The number of benzene rings is 2. The molecule has 138 valence electrons. The van der Waals surface area contributed by atoms with E-state index >= 15 is 0 Å². The lowest BCUT2D eigenvalue weighted by Crippen LogP contribution is -2.15. The number of anilines is 1. The minimum atomic E-state index is -4.63. The Balaban J connectivity index is 1.65. The van der Waals surface area contributed by atoms with Crippen molar-refractivity contribution in [3.63, 3.8) is 0 Å². The first-order valence-corrected chi connectivity index (χ1v) is 9.93. The van der Waals surface area contributed by atoms with Crippen LogP contribution in [0.3, 0.4) is 0 Å². The molecule has 3 rings (SSSR count). The number of fused-ring (bicyclic) bond motifs is 1. The van der Waals surface area contributed by atoms with Crippen LogP contribution in [-0.4, -0.2) is 20.1 Å². The van der Waals surface area contributed by atoms with E-state index in [1.807, 2.05) is 6.07 Å². The van der Waals surface area contributed by atoms with Gasteiger partial charge in [0.25, 0.3) is 0 Å². The van der Waals surface area contributed by atoms with Crippen molar-refractivity contribution >= 4 is 21.4 Å². The highest BCUT2D eigenvalue weighted by Gasteiger charge is 2.26. The van der Waals surface area contributed by atoms with Crippen molar-refractivity contribution in [3.05, 3.63) is 59.2 Å². The van der Waals surface area contributed by atoms with Crippen LogP contribution < -0.4 is 5.32 Å². The molecule has 2 aromatic carbocycles. The molecule has 0 unspecified atom stereocenters. The Hall–Kier alpha value is -2.28. The highest BCUT2D eigenvalue weighted by molar-refractivity contribution is 7.91. The molecular weight excluding hydrogens is 360 g/mol. The van der Waals surface area contributed by atoms with Crippen LogP contribution in [0, 0.1) is 0 Å². The Morgan fingerprint density at radius 3 is 2.31 bits per heavy atom. The van der Waals surface area contributed by atoms with E-state index in [-0.39, 0.29) is 12.3 Å². The SMILES string of the molecule is O=C(Cc1ccc2c(c1)CCCC2)Nc1ccc(S(=O)(=O)C(F)F)cc1. The monoisotopic (exact) mass is 379 g/mol. The molecule has 0 radical (unpaired) electrons. The van der Waals surface area contributed by atoms with E-state index in [4.69, 9.17) is 0 Å². The van der Waals surface area contributed by atoms with E-state index in [2.05, 4.69) is 17.4 Å². The molecule has 0 bridgehead atoms. The predicted molar refractivity (Wildman–Crippen MR) is 95.0 cm³/mol. The van der Waals surface area contributed by atoms with Crippen LogP contribution in [0.4, 0.5) is 14.5 Å². The molecule has 4 nitrogen and oxygen atoms in total. The van der Waals surface area contributed by atoms with Gasteiger partial charge in [0, 0.05) is 5.69 Å². The summed E-state index contributed by atoms with van der Waals surface area (Å²) in [6.07, 6.45) is 4.67. The Labute approximate surface area is 151 Å². The van der Waals surface area contributed by atoms with Crippen LogP contribution in [-0.2, 0) is 33.9 Å². The van der Waals surface area contributed by atoms with Gasteiger partial charge in [-0.15, -0.1) is 0 Å². The zero-order valence-corrected chi connectivity index (χ0v) is 14.9. The van der Waals surface area contributed by atoms with Crippen molar-refractivity contribution < 1.29 is 22.0 Å². The van der Waals surface area contributed by atoms with Crippen molar-refractivity contribution in [3.8, 4) is 0 Å². The number of alkyl halides is 2. The molecule has 1 aliphatic carbocycles. The van der Waals surface area contributed by atoms with Gasteiger partial charge in [-0.25, -0.2) is 8.42 Å². The third-order valence-corrected chi connectivity index (χ3v) is 5.88. The molecule has 0 aliphatic heterocycles. The van der Waals surface area contributed by atoms with Crippen LogP contribution in [0.2, 0.25) is 0 Å². The van der Waals surface area contributed by atoms with Crippen molar-refractivity contribution in [2.24, 2.45) is 0 Å². The lowest BCUT2D eigenvalue weighted by Gasteiger charge is -2.16. The lowest BCUT2D eigenvalue weighted by atomic mass is 9.90. The van der Waals surface area contributed by atoms with Gasteiger partial charge in [0.15, 0.2) is 0 Å². The quantitative estimate of drug-likeness (QED) is 0.861. The molecule has 0 saturated carbocycles. The predicted octanol–water partition coefficient (Wildman–Crippen LogP) is 3.74.